The lowest BCUT2D eigenvalue weighted by molar-refractivity contribution is -0.384. The lowest BCUT2D eigenvalue weighted by atomic mass is 9.87. The molecule has 110 valence electrons. The smallest absolute Gasteiger partial charge is 0.329 e. The van der Waals surface area contributed by atoms with Crippen LogP contribution in [0.4, 0.5) is 17.5 Å². The van der Waals surface area contributed by atoms with Crippen molar-refractivity contribution in [1.29, 1.82) is 0 Å². The van der Waals surface area contributed by atoms with E-state index in [4.69, 9.17) is 5.84 Å². The molecular weight excluding hydrogens is 260 g/mol. The summed E-state index contributed by atoms with van der Waals surface area (Å²) in [4.78, 5) is 20.5. The van der Waals surface area contributed by atoms with Gasteiger partial charge in [0.2, 0.25) is 11.8 Å². The number of anilines is 2. The third-order valence-electron chi connectivity index (χ3n) is 3.94. The average Bonchev–Trinajstić information content (AvgIpc) is 2.46. The molecule has 0 aromatic carbocycles. The van der Waals surface area contributed by atoms with E-state index >= 15 is 0 Å². The molecule has 1 aromatic heterocycles. The van der Waals surface area contributed by atoms with Gasteiger partial charge < -0.3 is 4.90 Å². The van der Waals surface area contributed by atoms with Gasteiger partial charge in [-0.25, -0.2) is 10.8 Å². The number of nitrogens with zero attached hydrogens (tertiary/aromatic N) is 4. The van der Waals surface area contributed by atoms with Crippen molar-refractivity contribution >= 4 is 17.5 Å². The summed E-state index contributed by atoms with van der Waals surface area (Å²) >= 11 is 0. The van der Waals surface area contributed by atoms with Crippen molar-refractivity contribution in [1.82, 2.24) is 9.97 Å². The summed E-state index contributed by atoms with van der Waals surface area (Å²) in [7, 11) is 1.84. The lowest BCUT2D eigenvalue weighted by Gasteiger charge is -2.33. The fourth-order valence-electron chi connectivity index (χ4n) is 2.63. The van der Waals surface area contributed by atoms with Crippen LogP contribution in [0.5, 0.6) is 0 Å². The first-order valence-electron chi connectivity index (χ1n) is 6.73. The Hall–Kier alpha value is -1.96. The van der Waals surface area contributed by atoms with Gasteiger partial charge in [0.15, 0.2) is 0 Å². The highest BCUT2D eigenvalue weighted by molar-refractivity contribution is 5.59. The van der Waals surface area contributed by atoms with Crippen LogP contribution < -0.4 is 16.2 Å². The molecule has 1 aliphatic carbocycles. The van der Waals surface area contributed by atoms with Crippen LogP contribution in [0.3, 0.4) is 0 Å². The molecule has 20 heavy (non-hydrogen) atoms. The third kappa shape index (κ3) is 2.96. The molecule has 0 bridgehead atoms. The number of hydrogen-bond donors (Lipinski definition) is 2. The SMILES string of the molecule is CC1CCC(N(C)c2nc(NN)ncc2[N+](=O)[O-])CC1. The maximum Gasteiger partial charge on any atom is 0.329 e. The summed E-state index contributed by atoms with van der Waals surface area (Å²) in [5.41, 5.74) is 2.23. The molecule has 2 rings (SSSR count). The standard InChI is InChI=1S/C12H20N6O2/c1-8-3-5-9(6-4-8)17(2)11-10(18(19)20)7-14-12(15-11)16-13/h7-9H,3-6,13H2,1-2H3,(H,14,15,16). The van der Waals surface area contributed by atoms with Crippen molar-refractivity contribution in [3.8, 4) is 0 Å². The van der Waals surface area contributed by atoms with Gasteiger partial charge in [-0.15, -0.1) is 0 Å². The molecule has 0 saturated heterocycles. The van der Waals surface area contributed by atoms with Crippen LogP contribution in [0.15, 0.2) is 6.20 Å². The maximum absolute atomic E-state index is 11.1. The van der Waals surface area contributed by atoms with Crippen LogP contribution in [0.25, 0.3) is 0 Å². The average molecular weight is 280 g/mol. The quantitative estimate of drug-likeness (QED) is 0.490. The number of hydrogen-bond acceptors (Lipinski definition) is 7. The van der Waals surface area contributed by atoms with Crippen molar-refractivity contribution in [3.63, 3.8) is 0 Å². The second kappa shape index (κ2) is 6.00. The highest BCUT2D eigenvalue weighted by atomic mass is 16.6. The van der Waals surface area contributed by atoms with Crippen LogP contribution in [0.2, 0.25) is 0 Å². The van der Waals surface area contributed by atoms with Gasteiger partial charge in [-0.1, -0.05) is 6.92 Å². The molecule has 1 aromatic rings. The van der Waals surface area contributed by atoms with Crippen LogP contribution in [0, 0.1) is 16.0 Å². The van der Waals surface area contributed by atoms with E-state index in [9.17, 15) is 10.1 Å². The Balaban J connectivity index is 2.27. The van der Waals surface area contributed by atoms with Crippen LogP contribution in [0.1, 0.15) is 32.6 Å². The number of nitrogens with two attached hydrogens (primary N) is 1. The van der Waals surface area contributed by atoms with E-state index in [1.807, 2.05) is 11.9 Å². The molecule has 0 aliphatic heterocycles. The topological polar surface area (TPSA) is 110 Å². The van der Waals surface area contributed by atoms with Gasteiger partial charge >= 0.3 is 5.69 Å². The Morgan fingerprint density at radius 1 is 1.45 bits per heavy atom. The summed E-state index contributed by atoms with van der Waals surface area (Å²) in [6.45, 7) is 2.24. The van der Waals surface area contributed by atoms with Crippen molar-refractivity contribution in [2.45, 2.75) is 38.6 Å². The van der Waals surface area contributed by atoms with E-state index in [1.54, 1.807) is 0 Å². The minimum atomic E-state index is -0.461. The van der Waals surface area contributed by atoms with E-state index in [2.05, 4.69) is 22.3 Å². The van der Waals surface area contributed by atoms with Crippen LogP contribution >= 0.6 is 0 Å². The van der Waals surface area contributed by atoms with Crippen molar-refractivity contribution in [2.75, 3.05) is 17.4 Å². The normalized spacial score (nSPS) is 22.4. The Bertz CT molecular complexity index is 487. The number of nitrogen functional groups attached to an aromatic ring is 1. The fourth-order valence-corrected chi connectivity index (χ4v) is 2.63. The van der Waals surface area contributed by atoms with Crippen molar-refractivity contribution in [2.24, 2.45) is 11.8 Å². The largest absolute Gasteiger partial charge is 0.351 e. The van der Waals surface area contributed by atoms with E-state index in [0.29, 0.717) is 5.82 Å². The van der Waals surface area contributed by atoms with Crippen molar-refractivity contribution in [3.05, 3.63) is 16.3 Å². The first-order chi connectivity index (χ1) is 9.52. The molecule has 8 nitrogen and oxygen atoms in total. The van der Waals surface area contributed by atoms with E-state index in [0.717, 1.165) is 31.6 Å². The van der Waals surface area contributed by atoms with Crippen molar-refractivity contribution < 1.29 is 4.92 Å². The zero-order valence-corrected chi connectivity index (χ0v) is 11.7. The molecular formula is C12H20N6O2. The number of nitrogens with one attached hydrogen (secondary N) is 1. The number of rotatable bonds is 4. The lowest BCUT2D eigenvalue weighted by Crippen LogP contribution is -2.36. The molecule has 1 aliphatic rings. The molecule has 0 unspecified atom stereocenters. The molecule has 8 heteroatoms. The van der Waals surface area contributed by atoms with Gasteiger partial charge in [0.05, 0.1) is 4.92 Å². The molecule has 0 atom stereocenters. The van der Waals surface area contributed by atoms with Gasteiger partial charge in [0, 0.05) is 13.1 Å². The minimum Gasteiger partial charge on any atom is -0.351 e. The zero-order chi connectivity index (χ0) is 14.7. The Labute approximate surface area is 117 Å². The highest BCUT2D eigenvalue weighted by Crippen LogP contribution is 2.32. The third-order valence-corrected chi connectivity index (χ3v) is 3.94. The van der Waals surface area contributed by atoms with E-state index in [-0.39, 0.29) is 17.7 Å². The first-order valence-corrected chi connectivity index (χ1v) is 6.73. The number of aromatic nitrogens is 2. The number of hydrazine groups is 1. The van der Waals surface area contributed by atoms with Gasteiger partial charge in [0.25, 0.3) is 0 Å². The molecule has 1 heterocycles. The van der Waals surface area contributed by atoms with Gasteiger partial charge in [-0.2, -0.15) is 4.98 Å². The summed E-state index contributed by atoms with van der Waals surface area (Å²) in [6.07, 6.45) is 5.50. The zero-order valence-electron chi connectivity index (χ0n) is 11.7. The predicted molar refractivity (Wildman–Crippen MR) is 76.3 cm³/mol. The summed E-state index contributed by atoms with van der Waals surface area (Å²) in [6, 6.07) is 0.269. The highest BCUT2D eigenvalue weighted by Gasteiger charge is 2.28. The molecule has 1 saturated carbocycles. The summed E-state index contributed by atoms with van der Waals surface area (Å²) in [5, 5.41) is 11.1. The second-order valence-electron chi connectivity index (χ2n) is 5.33. The summed E-state index contributed by atoms with van der Waals surface area (Å²) < 4.78 is 0. The van der Waals surface area contributed by atoms with Gasteiger partial charge in [0.1, 0.15) is 6.20 Å². The van der Waals surface area contributed by atoms with Crippen LogP contribution in [-0.2, 0) is 0 Å². The van der Waals surface area contributed by atoms with Gasteiger partial charge in [-0.3, -0.25) is 15.5 Å². The minimum absolute atomic E-state index is 0.0925. The molecule has 3 N–H and O–H groups in total. The predicted octanol–water partition coefficient (Wildman–Crippen LogP) is 1.69. The van der Waals surface area contributed by atoms with Crippen LogP contribution in [-0.4, -0.2) is 28.0 Å². The van der Waals surface area contributed by atoms with E-state index in [1.165, 1.54) is 6.20 Å². The number of nitro groups is 1. The van der Waals surface area contributed by atoms with E-state index < -0.39 is 4.92 Å². The molecule has 0 radical (unpaired) electrons. The van der Waals surface area contributed by atoms with Gasteiger partial charge in [-0.05, 0) is 31.6 Å². The molecule has 0 amide bonds. The molecule has 0 spiro atoms. The Morgan fingerprint density at radius 3 is 2.65 bits per heavy atom. The fraction of sp³-hybridized carbons (Fsp3) is 0.667. The second-order valence-corrected chi connectivity index (χ2v) is 5.33. The monoisotopic (exact) mass is 280 g/mol. The summed E-state index contributed by atoms with van der Waals surface area (Å²) in [5.74, 6) is 6.50. The maximum atomic E-state index is 11.1. The Morgan fingerprint density at radius 2 is 2.10 bits per heavy atom. The Kier molecular flexibility index (Phi) is 4.33. The first kappa shape index (κ1) is 14.4. The molecule has 1 fully saturated rings.